The normalized spacial score (nSPS) is 14.5. The molecule has 3 rings (SSSR count). The molecule has 22 heavy (non-hydrogen) atoms. The number of aromatic nitrogens is 3. The number of hydrogen-bond donors (Lipinski definition) is 1. The number of fused-ring (bicyclic) bond motifs is 1. The number of amides is 1. The highest BCUT2D eigenvalue weighted by Crippen LogP contribution is 2.40. The number of hydrogen-bond acceptors (Lipinski definition) is 3. The summed E-state index contributed by atoms with van der Waals surface area (Å²) in [7, 11) is 1.89. The van der Waals surface area contributed by atoms with Gasteiger partial charge in [0, 0.05) is 25.2 Å². The highest BCUT2D eigenvalue weighted by molar-refractivity contribution is 6.06. The Balaban J connectivity index is 1.94. The maximum absolute atomic E-state index is 12.6. The van der Waals surface area contributed by atoms with Gasteiger partial charge in [-0.05, 0) is 32.3 Å². The second-order valence-corrected chi connectivity index (χ2v) is 6.24. The second-order valence-electron chi connectivity index (χ2n) is 6.24. The van der Waals surface area contributed by atoms with Crippen LogP contribution in [0.25, 0.3) is 11.0 Å². The molecule has 1 N–H and O–H groups in total. The molecular weight excluding hydrogens is 276 g/mol. The lowest BCUT2D eigenvalue weighted by molar-refractivity contribution is 0.0954. The van der Waals surface area contributed by atoms with E-state index in [0.717, 1.165) is 53.8 Å². The summed E-state index contributed by atoms with van der Waals surface area (Å²) in [5, 5.41) is 8.37. The number of pyridine rings is 1. The lowest BCUT2D eigenvalue weighted by atomic mass is 10.1. The fourth-order valence-electron chi connectivity index (χ4n) is 2.90. The van der Waals surface area contributed by atoms with Gasteiger partial charge < -0.3 is 5.32 Å². The van der Waals surface area contributed by atoms with E-state index in [1.807, 2.05) is 20.0 Å². The highest BCUT2D eigenvalue weighted by Gasteiger charge is 2.28. The van der Waals surface area contributed by atoms with Crippen LogP contribution < -0.4 is 5.32 Å². The first-order valence-corrected chi connectivity index (χ1v) is 8.24. The minimum atomic E-state index is 0.00139. The Hall–Kier alpha value is -1.91. The number of rotatable bonds is 6. The SMILES string of the molecule is CCCCCNC(=O)c1cc(C2CC2)nc2c1c(C)nn2C. The molecule has 5 heteroatoms. The Labute approximate surface area is 131 Å². The molecule has 118 valence electrons. The van der Waals surface area contributed by atoms with Gasteiger partial charge in [-0.3, -0.25) is 9.48 Å². The highest BCUT2D eigenvalue weighted by atomic mass is 16.1. The summed E-state index contributed by atoms with van der Waals surface area (Å²) in [6.45, 7) is 4.83. The molecule has 0 bridgehead atoms. The predicted octanol–water partition coefficient (Wildman–Crippen LogP) is 3.07. The van der Waals surface area contributed by atoms with Gasteiger partial charge in [0.25, 0.3) is 5.91 Å². The van der Waals surface area contributed by atoms with E-state index in [0.29, 0.717) is 5.92 Å². The van der Waals surface area contributed by atoms with Crippen molar-refractivity contribution in [3.63, 3.8) is 0 Å². The monoisotopic (exact) mass is 300 g/mol. The lowest BCUT2D eigenvalue weighted by Gasteiger charge is -2.08. The van der Waals surface area contributed by atoms with Crippen molar-refractivity contribution in [3.8, 4) is 0 Å². The molecule has 1 fully saturated rings. The van der Waals surface area contributed by atoms with Crippen molar-refractivity contribution >= 4 is 16.9 Å². The fourth-order valence-corrected chi connectivity index (χ4v) is 2.90. The van der Waals surface area contributed by atoms with Crippen LogP contribution in [0.15, 0.2) is 6.07 Å². The summed E-state index contributed by atoms with van der Waals surface area (Å²) in [6.07, 6.45) is 5.67. The maximum atomic E-state index is 12.6. The van der Waals surface area contributed by atoms with Gasteiger partial charge in [-0.25, -0.2) is 4.98 Å². The second kappa shape index (κ2) is 6.07. The topological polar surface area (TPSA) is 59.8 Å². The van der Waals surface area contributed by atoms with Crippen LogP contribution in [0.3, 0.4) is 0 Å². The number of aryl methyl sites for hydroxylation is 2. The van der Waals surface area contributed by atoms with Crippen LogP contribution in [0.1, 0.15) is 66.7 Å². The largest absolute Gasteiger partial charge is 0.352 e. The number of carbonyl (C=O) groups is 1. The van der Waals surface area contributed by atoms with Crippen molar-refractivity contribution in [1.82, 2.24) is 20.1 Å². The van der Waals surface area contributed by atoms with Gasteiger partial charge in [0.1, 0.15) is 0 Å². The van der Waals surface area contributed by atoms with Crippen molar-refractivity contribution in [1.29, 1.82) is 0 Å². The zero-order chi connectivity index (χ0) is 15.7. The van der Waals surface area contributed by atoms with Crippen molar-refractivity contribution in [2.24, 2.45) is 7.05 Å². The number of nitrogens with one attached hydrogen (secondary N) is 1. The molecule has 2 aromatic rings. The molecule has 5 nitrogen and oxygen atoms in total. The first-order valence-electron chi connectivity index (χ1n) is 8.24. The van der Waals surface area contributed by atoms with Gasteiger partial charge in [-0.15, -0.1) is 0 Å². The molecule has 1 saturated carbocycles. The molecule has 2 heterocycles. The molecule has 0 aromatic carbocycles. The third kappa shape index (κ3) is 2.85. The predicted molar refractivity (Wildman–Crippen MR) is 87.1 cm³/mol. The van der Waals surface area contributed by atoms with E-state index >= 15 is 0 Å². The molecule has 0 saturated heterocycles. The Morgan fingerprint density at radius 3 is 2.86 bits per heavy atom. The Kier molecular flexibility index (Phi) is 4.14. The van der Waals surface area contributed by atoms with Crippen LogP contribution in [0.4, 0.5) is 0 Å². The molecule has 1 aliphatic carbocycles. The van der Waals surface area contributed by atoms with Crippen LogP contribution in [-0.4, -0.2) is 27.2 Å². The third-order valence-corrected chi connectivity index (χ3v) is 4.29. The van der Waals surface area contributed by atoms with Crippen molar-refractivity contribution < 1.29 is 4.79 Å². The van der Waals surface area contributed by atoms with E-state index in [4.69, 9.17) is 4.98 Å². The fraction of sp³-hybridized carbons (Fsp3) is 0.588. The Morgan fingerprint density at radius 1 is 1.41 bits per heavy atom. The van der Waals surface area contributed by atoms with Gasteiger partial charge in [0.05, 0.1) is 16.6 Å². The quantitative estimate of drug-likeness (QED) is 0.834. The molecule has 0 radical (unpaired) electrons. The Morgan fingerprint density at radius 2 is 2.18 bits per heavy atom. The van der Waals surface area contributed by atoms with Crippen LogP contribution in [0.2, 0.25) is 0 Å². The minimum Gasteiger partial charge on any atom is -0.352 e. The van der Waals surface area contributed by atoms with Crippen LogP contribution in [-0.2, 0) is 7.05 Å². The third-order valence-electron chi connectivity index (χ3n) is 4.29. The van der Waals surface area contributed by atoms with Gasteiger partial charge in [-0.1, -0.05) is 19.8 Å². The summed E-state index contributed by atoms with van der Waals surface area (Å²) < 4.78 is 1.78. The zero-order valence-corrected chi connectivity index (χ0v) is 13.6. The molecule has 1 amide bonds. The van der Waals surface area contributed by atoms with E-state index in [2.05, 4.69) is 17.3 Å². The van der Waals surface area contributed by atoms with E-state index in [1.54, 1.807) is 4.68 Å². The molecular formula is C17H24N4O. The molecule has 0 spiro atoms. The van der Waals surface area contributed by atoms with Crippen molar-refractivity contribution in [2.45, 2.75) is 51.9 Å². The molecule has 0 unspecified atom stereocenters. The van der Waals surface area contributed by atoms with Gasteiger partial charge >= 0.3 is 0 Å². The summed E-state index contributed by atoms with van der Waals surface area (Å²) >= 11 is 0. The van der Waals surface area contributed by atoms with Crippen molar-refractivity contribution in [3.05, 3.63) is 23.0 Å². The smallest absolute Gasteiger partial charge is 0.252 e. The van der Waals surface area contributed by atoms with E-state index in [9.17, 15) is 4.79 Å². The van der Waals surface area contributed by atoms with E-state index in [1.165, 1.54) is 12.8 Å². The average molecular weight is 300 g/mol. The number of unbranched alkanes of at least 4 members (excludes halogenated alkanes) is 2. The zero-order valence-electron chi connectivity index (χ0n) is 13.6. The average Bonchev–Trinajstić information content (AvgIpc) is 3.30. The van der Waals surface area contributed by atoms with Crippen LogP contribution in [0, 0.1) is 6.92 Å². The van der Waals surface area contributed by atoms with Gasteiger partial charge in [0.2, 0.25) is 0 Å². The van der Waals surface area contributed by atoms with Crippen LogP contribution in [0.5, 0.6) is 0 Å². The van der Waals surface area contributed by atoms with Crippen LogP contribution >= 0.6 is 0 Å². The number of carbonyl (C=O) groups excluding carboxylic acids is 1. The summed E-state index contributed by atoms with van der Waals surface area (Å²) in [6, 6.07) is 1.98. The van der Waals surface area contributed by atoms with Gasteiger partial charge in [-0.2, -0.15) is 5.10 Å². The minimum absolute atomic E-state index is 0.00139. The van der Waals surface area contributed by atoms with E-state index in [-0.39, 0.29) is 5.91 Å². The number of nitrogens with zero attached hydrogens (tertiary/aromatic N) is 3. The molecule has 0 aliphatic heterocycles. The summed E-state index contributed by atoms with van der Waals surface area (Å²) in [4.78, 5) is 17.3. The van der Waals surface area contributed by atoms with E-state index < -0.39 is 0 Å². The summed E-state index contributed by atoms with van der Waals surface area (Å²) in [5.74, 6) is 0.521. The summed E-state index contributed by atoms with van der Waals surface area (Å²) in [5.41, 5.74) is 3.45. The first kappa shape index (κ1) is 15.0. The first-order chi connectivity index (χ1) is 10.6. The Bertz CT molecular complexity index is 700. The molecule has 2 aromatic heterocycles. The molecule has 0 atom stereocenters. The maximum Gasteiger partial charge on any atom is 0.252 e. The standard InChI is InChI=1S/C17H24N4O/c1-4-5-6-9-18-17(22)13-10-14(12-7-8-12)19-16-15(13)11(2)20-21(16)3/h10,12H,4-9H2,1-3H3,(H,18,22). The van der Waals surface area contributed by atoms with Crippen molar-refractivity contribution in [2.75, 3.05) is 6.54 Å². The lowest BCUT2D eigenvalue weighted by Crippen LogP contribution is -2.25. The molecule has 1 aliphatic rings. The van der Waals surface area contributed by atoms with Gasteiger partial charge in [0.15, 0.2) is 5.65 Å².